The molecule has 15 heavy (non-hydrogen) atoms. The van der Waals surface area contributed by atoms with Crippen LogP contribution in [0.3, 0.4) is 0 Å². The van der Waals surface area contributed by atoms with E-state index in [1.54, 1.807) is 0 Å². The second-order valence-corrected chi connectivity index (χ2v) is 5.70. The smallest absolute Gasteiger partial charge is 0.223 e. The van der Waals surface area contributed by atoms with E-state index in [1.165, 1.54) is 0 Å². The van der Waals surface area contributed by atoms with Gasteiger partial charge in [0.05, 0.1) is 23.9 Å². The molecule has 1 aliphatic heterocycles. The first-order valence-corrected chi connectivity index (χ1v) is 6.32. The van der Waals surface area contributed by atoms with Crippen LogP contribution in [-0.2, 0) is 9.84 Å². The highest BCUT2D eigenvalue weighted by Gasteiger charge is 2.28. The molecule has 82 valence electrons. The van der Waals surface area contributed by atoms with E-state index in [0.717, 1.165) is 12.4 Å². The molecule has 1 aromatic rings. The molecule has 0 spiro atoms. The van der Waals surface area contributed by atoms with Crippen molar-refractivity contribution in [3.05, 3.63) is 18.2 Å². The number of nitrogens with zero attached hydrogens (tertiary/aromatic N) is 2. The van der Waals surface area contributed by atoms with Crippen molar-refractivity contribution in [1.82, 2.24) is 9.97 Å². The minimum absolute atomic E-state index is 0.0910. The Balaban J connectivity index is 2.02. The van der Waals surface area contributed by atoms with Crippen LogP contribution in [0.25, 0.3) is 0 Å². The van der Waals surface area contributed by atoms with Gasteiger partial charge in [0.1, 0.15) is 0 Å². The molecule has 0 bridgehead atoms. The lowest BCUT2D eigenvalue weighted by Gasteiger charge is -2.09. The van der Waals surface area contributed by atoms with Crippen molar-refractivity contribution >= 4 is 15.8 Å². The maximum absolute atomic E-state index is 12.5. The number of hydrogen-bond acceptors (Lipinski definition) is 5. The monoisotopic (exact) mass is 231 g/mol. The Morgan fingerprint density at radius 2 is 2.07 bits per heavy atom. The second kappa shape index (κ2) is 3.73. The molecule has 0 saturated carbocycles. The van der Waals surface area contributed by atoms with Crippen LogP contribution in [-0.4, -0.2) is 35.9 Å². The highest BCUT2D eigenvalue weighted by molar-refractivity contribution is 7.91. The van der Waals surface area contributed by atoms with Gasteiger partial charge in [-0.05, 0) is 6.42 Å². The van der Waals surface area contributed by atoms with Crippen LogP contribution < -0.4 is 5.32 Å². The zero-order chi connectivity index (χ0) is 10.9. The number of sulfone groups is 1. The Hall–Kier alpha value is -1.24. The predicted octanol–water partition coefficient (Wildman–Crippen LogP) is 0.215. The number of hydrogen-bond donors (Lipinski definition) is 1. The van der Waals surface area contributed by atoms with Gasteiger partial charge in [-0.2, -0.15) is 0 Å². The molecule has 1 unspecified atom stereocenters. The van der Waals surface area contributed by atoms with Crippen LogP contribution in [0.15, 0.2) is 12.4 Å². The van der Waals surface area contributed by atoms with Gasteiger partial charge in [-0.25, -0.2) is 22.8 Å². The average Bonchev–Trinajstić information content (AvgIpc) is 2.50. The van der Waals surface area contributed by atoms with Crippen LogP contribution in [0.4, 0.5) is 10.3 Å². The Morgan fingerprint density at radius 1 is 1.40 bits per heavy atom. The standard InChI is InChI=1S/C8H10FN3O2S/c9-6-3-10-8(11-4-6)12-7-1-2-15(13,14)5-7/h3-4,7H,1-2,5H2,(H,10,11,12). The summed E-state index contributed by atoms with van der Waals surface area (Å²) in [5, 5.41) is 2.86. The Labute approximate surface area is 86.7 Å². The molecule has 0 radical (unpaired) electrons. The zero-order valence-electron chi connectivity index (χ0n) is 7.85. The minimum Gasteiger partial charge on any atom is -0.350 e. The summed E-state index contributed by atoms with van der Waals surface area (Å²) in [4.78, 5) is 7.39. The van der Waals surface area contributed by atoms with Crippen LogP contribution in [0.2, 0.25) is 0 Å². The third kappa shape index (κ3) is 2.62. The summed E-state index contributed by atoms with van der Waals surface area (Å²) in [6.45, 7) is 0. The molecule has 5 nitrogen and oxygen atoms in total. The van der Waals surface area contributed by atoms with Gasteiger partial charge in [0.25, 0.3) is 0 Å². The maximum Gasteiger partial charge on any atom is 0.223 e. The van der Waals surface area contributed by atoms with Gasteiger partial charge in [0.15, 0.2) is 15.7 Å². The Bertz CT molecular complexity index is 445. The maximum atomic E-state index is 12.5. The van der Waals surface area contributed by atoms with E-state index in [0.29, 0.717) is 6.42 Å². The van der Waals surface area contributed by atoms with Crippen molar-refractivity contribution in [3.8, 4) is 0 Å². The molecule has 0 amide bonds. The SMILES string of the molecule is O=S1(=O)CCC(Nc2ncc(F)cn2)C1. The summed E-state index contributed by atoms with van der Waals surface area (Å²) in [7, 11) is -2.92. The fourth-order valence-electron chi connectivity index (χ4n) is 1.48. The van der Waals surface area contributed by atoms with Crippen molar-refractivity contribution in [3.63, 3.8) is 0 Å². The second-order valence-electron chi connectivity index (χ2n) is 3.47. The molecular formula is C8H10FN3O2S. The molecule has 2 rings (SSSR count). The number of halogens is 1. The first kappa shape index (κ1) is 10.3. The van der Waals surface area contributed by atoms with E-state index in [1.807, 2.05) is 0 Å². The van der Waals surface area contributed by atoms with Crippen molar-refractivity contribution in [2.24, 2.45) is 0 Å². The number of nitrogens with one attached hydrogen (secondary N) is 1. The van der Waals surface area contributed by atoms with Crippen molar-refractivity contribution in [2.75, 3.05) is 16.8 Å². The van der Waals surface area contributed by atoms with Crippen molar-refractivity contribution < 1.29 is 12.8 Å². The van der Waals surface area contributed by atoms with E-state index in [-0.39, 0.29) is 23.5 Å². The summed E-state index contributed by atoms with van der Waals surface area (Å²) < 4.78 is 34.8. The summed E-state index contributed by atoms with van der Waals surface area (Å²) in [6.07, 6.45) is 2.63. The Morgan fingerprint density at radius 3 is 2.60 bits per heavy atom. The molecule has 0 aliphatic carbocycles. The predicted molar refractivity (Wildman–Crippen MR) is 52.7 cm³/mol. The van der Waals surface area contributed by atoms with E-state index >= 15 is 0 Å². The van der Waals surface area contributed by atoms with Gasteiger partial charge in [0.2, 0.25) is 5.95 Å². The summed E-state index contributed by atoms with van der Waals surface area (Å²) >= 11 is 0. The quantitative estimate of drug-likeness (QED) is 0.788. The minimum atomic E-state index is -2.92. The van der Waals surface area contributed by atoms with Gasteiger partial charge < -0.3 is 5.32 Å². The lowest BCUT2D eigenvalue weighted by molar-refractivity contribution is 0.601. The molecule has 0 aromatic carbocycles. The molecule has 1 aliphatic rings. The summed E-state index contributed by atoms with van der Waals surface area (Å²) in [5.74, 6) is 0.0256. The normalized spacial score (nSPS) is 23.9. The van der Waals surface area contributed by atoms with E-state index in [9.17, 15) is 12.8 Å². The van der Waals surface area contributed by atoms with Crippen molar-refractivity contribution in [1.29, 1.82) is 0 Å². The third-order valence-corrected chi connectivity index (χ3v) is 3.95. The lowest BCUT2D eigenvalue weighted by Crippen LogP contribution is -2.21. The van der Waals surface area contributed by atoms with Gasteiger partial charge in [-0.1, -0.05) is 0 Å². The van der Waals surface area contributed by atoms with Crippen molar-refractivity contribution in [2.45, 2.75) is 12.5 Å². The highest BCUT2D eigenvalue weighted by atomic mass is 32.2. The van der Waals surface area contributed by atoms with Crippen LogP contribution in [0.1, 0.15) is 6.42 Å². The summed E-state index contributed by atoms with van der Waals surface area (Å²) in [5.41, 5.74) is 0. The molecule has 1 fully saturated rings. The zero-order valence-corrected chi connectivity index (χ0v) is 8.67. The largest absolute Gasteiger partial charge is 0.350 e. The summed E-state index contributed by atoms with van der Waals surface area (Å²) in [6, 6.07) is -0.166. The Kier molecular flexibility index (Phi) is 2.56. The van der Waals surface area contributed by atoms with Gasteiger partial charge >= 0.3 is 0 Å². The molecule has 7 heteroatoms. The fraction of sp³-hybridized carbons (Fsp3) is 0.500. The van der Waals surface area contributed by atoms with Crippen LogP contribution in [0.5, 0.6) is 0 Å². The lowest BCUT2D eigenvalue weighted by atomic mass is 10.3. The first-order chi connectivity index (χ1) is 7.05. The van der Waals surface area contributed by atoms with Crippen LogP contribution in [0, 0.1) is 5.82 Å². The number of aromatic nitrogens is 2. The number of rotatable bonds is 2. The highest BCUT2D eigenvalue weighted by Crippen LogP contribution is 2.14. The molecule has 1 atom stereocenters. The first-order valence-electron chi connectivity index (χ1n) is 4.50. The van der Waals surface area contributed by atoms with E-state index in [4.69, 9.17) is 0 Å². The molecule has 2 heterocycles. The third-order valence-electron chi connectivity index (χ3n) is 2.19. The van der Waals surface area contributed by atoms with E-state index in [2.05, 4.69) is 15.3 Å². The van der Waals surface area contributed by atoms with Gasteiger partial charge in [0, 0.05) is 6.04 Å². The fourth-order valence-corrected chi connectivity index (χ4v) is 3.15. The van der Waals surface area contributed by atoms with E-state index < -0.39 is 15.7 Å². The molecular weight excluding hydrogens is 221 g/mol. The van der Waals surface area contributed by atoms with Gasteiger partial charge in [-0.15, -0.1) is 0 Å². The average molecular weight is 231 g/mol. The molecule has 1 saturated heterocycles. The van der Waals surface area contributed by atoms with Gasteiger partial charge in [-0.3, -0.25) is 0 Å². The molecule has 1 aromatic heterocycles. The van der Waals surface area contributed by atoms with Crippen LogP contribution >= 0.6 is 0 Å². The number of anilines is 1. The topological polar surface area (TPSA) is 72.0 Å². The molecule has 1 N–H and O–H groups in total.